The molecule has 0 N–H and O–H groups in total. The Morgan fingerprint density at radius 1 is 1.42 bits per heavy atom. The summed E-state index contributed by atoms with van der Waals surface area (Å²) in [5.41, 5.74) is 1.57. The van der Waals surface area contributed by atoms with E-state index in [2.05, 4.69) is 5.10 Å². The Balaban J connectivity index is 2.61. The number of hydrogen-bond donors (Lipinski definition) is 0. The third kappa shape index (κ3) is 2.23. The monoisotopic (exact) mass is 261 g/mol. The Bertz CT molecular complexity index is 607. The molecule has 0 atom stereocenters. The van der Waals surface area contributed by atoms with Crippen LogP contribution in [0.25, 0.3) is 0 Å². The molecule has 0 aliphatic heterocycles. The number of aromatic nitrogens is 2. The zero-order valence-corrected chi connectivity index (χ0v) is 11.2. The number of nitrogens with zero attached hydrogens (tertiary/aromatic N) is 3. The van der Waals surface area contributed by atoms with Gasteiger partial charge < -0.3 is 4.90 Å². The lowest BCUT2D eigenvalue weighted by Crippen LogP contribution is -2.21. The van der Waals surface area contributed by atoms with Crippen LogP contribution in [0, 0.1) is 12.7 Å². The van der Waals surface area contributed by atoms with Crippen molar-refractivity contribution in [3.8, 4) is 0 Å². The van der Waals surface area contributed by atoms with E-state index in [0.29, 0.717) is 29.3 Å². The number of hydrogen-bond acceptors (Lipinski definition) is 3. The van der Waals surface area contributed by atoms with Gasteiger partial charge in [-0.2, -0.15) is 5.10 Å². The highest BCUT2D eigenvalue weighted by molar-refractivity contribution is 5.86. The second-order valence-electron chi connectivity index (χ2n) is 4.26. The number of aldehydes is 1. The molecule has 19 heavy (non-hydrogen) atoms. The minimum absolute atomic E-state index is 0.319. The van der Waals surface area contributed by atoms with Gasteiger partial charge in [0.15, 0.2) is 6.29 Å². The summed E-state index contributed by atoms with van der Waals surface area (Å²) in [5, 5.41) is 4.23. The number of rotatable bonds is 4. The van der Waals surface area contributed by atoms with E-state index in [-0.39, 0.29) is 5.82 Å². The minimum atomic E-state index is -0.319. The molecule has 0 amide bonds. The predicted molar refractivity (Wildman–Crippen MR) is 72.4 cm³/mol. The third-order valence-electron chi connectivity index (χ3n) is 3.07. The number of aryl methyl sites for hydroxylation is 2. The molecule has 0 unspecified atom stereocenters. The molecule has 0 radical (unpaired) electrons. The van der Waals surface area contributed by atoms with Gasteiger partial charge in [-0.3, -0.25) is 9.48 Å². The van der Waals surface area contributed by atoms with Gasteiger partial charge in [0.05, 0.1) is 16.9 Å². The molecule has 0 bridgehead atoms. The summed E-state index contributed by atoms with van der Waals surface area (Å²) in [6.45, 7) is 4.21. The van der Waals surface area contributed by atoms with E-state index in [1.807, 2.05) is 6.92 Å². The van der Waals surface area contributed by atoms with E-state index < -0.39 is 0 Å². The Morgan fingerprint density at radius 3 is 2.68 bits per heavy atom. The van der Waals surface area contributed by atoms with Gasteiger partial charge >= 0.3 is 0 Å². The van der Waals surface area contributed by atoms with Crippen LogP contribution in [0.4, 0.5) is 15.9 Å². The molecule has 0 fully saturated rings. The van der Waals surface area contributed by atoms with Crippen molar-refractivity contribution in [3.63, 3.8) is 0 Å². The van der Waals surface area contributed by atoms with Crippen molar-refractivity contribution < 1.29 is 9.18 Å². The second kappa shape index (κ2) is 5.22. The van der Waals surface area contributed by atoms with E-state index in [4.69, 9.17) is 0 Å². The van der Waals surface area contributed by atoms with Crippen molar-refractivity contribution in [3.05, 3.63) is 41.3 Å². The first-order chi connectivity index (χ1) is 9.10. The van der Waals surface area contributed by atoms with Gasteiger partial charge in [0, 0.05) is 13.6 Å². The lowest BCUT2D eigenvalue weighted by molar-refractivity contribution is 0.112. The molecule has 1 heterocycles. The summed E-state index contributed by atoms with van der Waals surface area (Å²) in [6.07, 6.45) is 0.765. The zero-order valence-electron chi connectivity index (χ0n) is 11.2. The van der Waals surface area contributed by atoms with Crippen LogP contribution in [-0.4, -0.2) is 22.6 Å². The highest BCUT2D eigenvalue weighted by atomic mass is 19.1. The predicted octanol–water partition coefficient (Wildman–Crippen LogP) is 2.84. The van der Waals surface area contributed by atoms with E-state index in [1.54, 1.807) is 41.8 Å². The molecular weight excluding hydrogens is 245 g/mol. The van der Waals surface area contributed by atoms with Crippen molar-refractivity contribution in [2.24, 2.45) is 7.05 Å². The standard InChI is InChI=1S/C14H16FN3O/c1-4-18(13-8-6-5-7-12(13)15)14-11(9-19)10(2)16-17(14)3/h5-9H,4H2,1-3H3. The number of carbonyl (C=O) groups is 1. The van der Waals surface area contributed by atoms with Gasteiger partial charge in [-0.1, -0.05) is 12.1 Å². The molecule has 0 aliphatic carbocycles. The van der Waals surface area contributed by atoms with Crippen LogP contribution >= 0.6 is 0 Å². The van der Waals surface area contributed by atoms with E-state index in [0.717, 1.165) is 6.29 Å². The smallest absolute Gasteiger partial charge is 0.155 e. The highest BCUT2D eigenvalue weighted by Gasteiger charge is 2.21. The van der Waals surface area contributed by atoms with Crippen molar-refractivity contribution >= 4 is 17.8 Å². The molecule has 2 rings (SSSR count). The van der Waals surface area contributed by atoms with Crippen LogP contribution in [0.1, 0.15) is 23.0 Å². The largest absolute Gasteiger partial charge is 0.324 e. The Labute approximate surface area is 111 Å². The SMILES string of the molecule is CCN(c1ccccc1F)c1c(C=O)c(C)nn1C. The molecule has 1 aromatic heterocycles. The van der Waals surface area contributed by atoms with Crippen molar-refractivity contribution in [2.45, 2.75) is 13.8 Å². The molecule has 5 heteroatoms. The van der Waals surface area contributed by atoms with Crippen molar-refractivity contribution in [2.75, 3.05) is 11.4 Å². The van der Waals surface area contributed by atoms with Crippen LogP contribution < -0.4 is 4.90 Å². The first-order valence-corrected chi connectivity index (χ1v) is 6.11. The molecule has 0 spiro atoms. The summed E-state index contributed by atoms with van der Waals surface area (Å²) in [6, 6.07) is 6.50. The summed E-state index contributed by atoms with van der Waals surface area (Å²) < 4.78 is 15.5. The Hall–Kier alpha value is -2.17. The molecule has 4 nitrogen and oxygen atoms in total. The van der Waals surface area contributed by atoms with Crippen LogP contribution in [0.3, 0.4) is 0 Å². The average molecular weight is 261 g/mol. The lowest BCUT2D eigenvalue weighted by atomic mass is 10.2. The molecule has 100 valence electrons. The number of para-hydroxylation sites is 1. The molecule has 0 saturated carbocycles. The van der Waals surface area contributed by atoms with Crippen LogP contribution in [0.15, 0.2) is 24.3 Å². The van der Waals surface area contributed by atoms with Gasteiger partial charge in [-0.05, 0) is 26.0 Å². The molecule has 1 aromatic carbocycles. The van der Waals surface area contributed by atoms with Gasteiger partial charge in [-0.15, -0.1) is 0 Å². The van der Waals surface area contributed by atoms with Crippen LogP contribution in [0.5, 0.6) is 0 Å². The Morgan fingerprint density at radius 2 is 2.11 bits per heavy atom. The zero-order chi connectivity index (χ0) is 14.0. The van der Waals surface area contributed by atoms with E-state index in [1.165, 1.54) is 6.07 Å². The van der Waals surface area contributed by atoms with Gasteiger partial charge in [0.1, 0.15) is 11.6 Å². The maximum atomic E-state index is 13.9. The number of anilines is 2. The van der Waals surface area contributed by atoms with Gasteiger partial charge in [-0.25, -0.2) is 4.39 Å². The third-order valence-corrected chi connectivity index (χ3v) is 3.07. The first kappa shape index (κ1) is 13.3. The highest BCUT2D eigenvalue weighted by Crippen LogP contribution is 2.30. The fourth-order valence-electron chi connectivity index (χ4n) is 2.23. The maximum absolute atomic E-state index is 13.9. The van der Waals surface area contributed by atoms with Crippen molar-refractivity contribution in [1.82, 2.24) is 9.78 Å². The first-order valence-electron chi connectivity index (χ1n) is 6.11. The Kier molecular flexibility index (Phi) is 3.64. The number of halogens is 1. The van der Waals surface area contributed by atoms with Gasteiger partial charge in [0.2, 0.25) is 0 Å². The van der Waals surface area contributed by atoms with E-state index in [9.17, 15) is 9.18 Å². The molecule has 2 aromatic rings. The molecule has 0 aliphatic rings. The number of benzene rings is 1. The summed E-state index contributed by atoms with van der Waals surface area (Å²) in [4.78, 5) is 13.0. The molecule has 0 saturated heterocycles. The van der Waals surface area contributed by atoms with Gasteiger partial charge in [0.25, 0.3) is 0 Å². The molecular formula is C14H16FN3O. The topological polar surface area (TPSA) is 38.1 Å². The summed E-state index contributed by atoms with van der Waals surface area (Å²) >= 11 is 0. The normalized spacial score (nSPS) is 10.5. The van der Waals surface area contributed by atoms with Crippen LogP contribution in [-0.2, 0) is 7.05 Å². The van der Waals surface area contributed by atoms with Crippen LogP contribution in [0.2, 0.25) is 0 Å². The minimum Gasteiger partial charge on any atom is -0.324 e. The summed E-state index contributed by atoms with van der Waals surface area (Å²) in [7, 11) is 1.75. The summed E-state index contributed by atoms with van der Waals surface area (Å²) in [5.74, 6) is 0.292. The fourth-order valence-corrected chi connectivity index (χ4v) is 2.23. The maximum Gasteiger partial charge on any atom is 0.155 e. The fraction of sp³-hybridized carbons (Fsp3) is 0.286. The van der Waals surface area contributed by atoms with Crippen molar-refractivity contribution in [1.29, 1.82) is 0 Å². The van der Waals surface area contributed by atoms with E-state index >= 15 is 0 Å². The lowest BCUT2D eigenvalue weighted by Gasteiger charge is -2.24. The average Bonchev–Trinajstić information content (AvgIpc) is 2.67. The second-order valence-corrected chi connectivity index (χ2v) is 4.26. The quantitative estimate of drug-likeness (QED) is 0.794. The number of carbonyl (C=O) groups excluding carboxylic acids is 1.